The predicted molar refractivity (Wildman–Crippen MR) is 196 cm³/mol. The minimum atomic E-state index is -0.180. The summed E-state index contributed by atoms with van der Waals surface area (Å²) in [7, 11) is 0. The molecule has 46 heavy (non-hydrogen) atoms. The van der Waals surface area contributed by atoms with Crippen LogP contribution in [-0.2, 0) is 12.8 Å². The third-order valence-electron chi connectivity index (χ3n) is 10.4. The number of rotatable bonds is 7. The first kappa shape index (κ1) is 28.3. The zero-order chi connectivity index (χ0) is 31.1. The van der Waals surface area contributed by atoms with E-state index in [2.05, 4.69) is 172 Å². The van der Waals surface area contributed by atoms with E-state index in [1.54, 1.807) is 0 Å². The molecule has 0 saturated heterocycles. The molecular formula is C46H38. The molecule has 0 aliphatic heterocycles. The Morgan fingerprint density at radius 3 is 1.11 bits per heavy atom. The highest BCUT2D eigenvalue weighted by Crippen LogP contribution is 2.59. The van der Waals surface area contributed by atoms with Crippen LogP contribution in [0.1, 0.15) is 53.6 Å². The molecule has 0 radical (unpaired) electrons. The normalized spacial score (nSPS) is 14.0. The lowest BCUT2D eigenvalue weighted by Crippen LogP contribution is -2.20. The quantitative estimate of drug-likeness (QED) is 0.173. The van der Waals surface area contributed by atoms with E-state index in [0.29, 0.717) is 0 Å². The summed E-state index contributed by atoms with van der Waals surface area (Å²) in [6, 6.07) is 58.2. The molecule has 0 heterocycles. The largest absolute Gasteiger partial charge is 0.0642 e. The van der Waals surface area contributed by atoms with Crippen LogP contribution in [0.5, 0.6) is 0 Å². The van der Waals surface area contributed by atoms with Gasteiger partial charge in [0.05, 0.1) is 0 Å². The van der Waals surface area contributed by atoms with E-state index in [-0.39, 0.29) is 5.41 Å². The molecule has 0 N–H and O–H groups in total. The van der Waals surface area contributed by atoms with Crippen molar-refractivity contribution in [3.05, 3.63) is 191 Å². The fraction of sp³-hybridized carbons (Fsp3) is 0.130. The Labute approximate surface area is 273 Å². The van der Waals surface area contributed by atoms with E-state index in [0.717, 1.165) is 19.3 Å². The van der Waals surface area contributed by atoms with E-state index in [1.807, 2.05) is 0 Å². The Hall–Kier alpha value is -5.20. The van der Waals surface area contributed by atoms with Crippen LogP contribution in [0.4, 0.5) is 0 Å². The van der Waals surface area contributed by atoms with Crippen molar-refractivity contribution in [1.82, 2.24) is 0 Å². The summed E-state index contributed by atoms with van der Waals surface area (Å²) in [4.78, 5) is 0. The van der Waals surface area contributed by atoms with Gasteiger partial charge >= 0.3 is 0 Å². The molecule has 2 aliphatic rings. The Morgan fingerprint density at radius 2 is 0.717 bits per heavy atom. The number of fused-ring (bicyclic) bond motifs is 2. The van der Waals surface area contributed by atoms with Gasteiger partial charge in [0.15, 0.2) is 0 Å². The number of hydrogen-bond acceptors (Lipinski definition) is 0. The summed E-state index contributed by atoms with van der Waals surface area (Å²) in [6.45, 7) is 4.90. The van der Waals surface area contributed by atoms with Gasteiger partial charge in [0.2, 0.25) is 0 Å². The lowest BCUT2D eigenvalue weighted by Gasteiger charge is -2.36. The monoisotopic (exact) mass is 590 g/mol. The molecule has 6 aromatic carbocycles. The average molecular weight is 591 g/mol. The van der Waals surface area contributed by atoms with Gasteiger partial charge < -0.3 is 0 Å². The van der Waals surface area contributed by atoms with E-state index in [9.17, 15) is 0 Å². The van der Waals surface area contributed by atoms with Crippen LogP contribution in [0, 0.1) is 5.41 Å². The van der Waals surface area contributed by atoms with Crippen molar-refractivity contribution >= 4 is 22.3 Å². The smallest absolute Gasteiger partial charge is 0.0190 e. The average Bonchev–Trinajstić information content (AvgIpc) is 3.73. The maximum Gasteiger partial charge on any atom is 0.0190 e. The van der Waals surface area contributed by atoms with Gasteiger partial charge in [0.1, 0.15) is 0 Å². The Kier molecular flexibility index (Phi) is 7.15. The number of benzene rings is 6. The minimum Gasteiger partial charge on any atom is -0.0642 e. The molecule has 0 unspecified atom stereocenters. The summed E-state index contributed by atoms with van der Waals surface area (Å²) in [6.07, 6.45) is 2.93. The summed E-state index contributed by atoms with van der Waals surface area (Å²) < 4.78 is 0. The molecule has 0 bridgehead atoms. The Balaban J connectivity index is 1.31. The topological polar surface area (TPSA) is 0 Å². The molecule has 0 spiro atoms. The first-order valence-electron chi connectivity index (χ1n) is 16.6. The van der Waals surface area contributed by atoms with Crippen molar-refractivity contribution in [2.75, 3.05) is 0 Å². The molecule has 0 atom stereocenters. The lowest BCUT2D eigenvalue weighted by molar-refractivity contribution is 0.575. The number of hydrogen-bond donors (Lipinski definition) is 0. The van der Waals surface area contributed by atoms with Crippen molar-refractivity contribution in [2.24, 2.45) is 5.41 Å². The zero-order valence-electron chi connectivity index (χ0n) is 26.6. The lowest BCUT2D eigenvalue weighted by atomic mass is 9.67. The second-order valence-corrected chi connectivity index (χ2v) is 12.9. The van der Waals surface area contributed by atoms with E-state index >= 15 is 0 Å². The highest BCUT2D eigenvalue weighted by molar-refractivity contribution is 6.10. The highest BCUT2D eigenvalue weighted by Gasteiger charge is 2.42. The predicted octanol–water partition coefficient (Wildman–Crippen LogP) is 12.1. The van der Waals surface area contributed by atoms with Crippen molar-refractivity contribution < 1.29 is 0 Å². The zero-order valence-corrected chi connectivity index (χ0v) is 26.6. The molecule has 0 heteroatoms. The molecule has 0 amide bonds. The summed E-state index contributed by atoms with van der Waals surface area (Å²) in [5, 5.41) is 0. The summed E-state index contributed by atoms with van der Waals surface area (Å²) in [5.41, 5.74) is 19.1. The molecule has 222 valence electrons. The molecule has 8 rings (SSSR count). The van der Waals surface area contributed by atoms with Gasteiger partial charge in [-0.25, -0.2) is 0 Å². The minimum absolute atomic E-state index is 0.180. The van der Waals surface area contributed by atoms with Gasteiger partial charge in [-0.15, -0.1) is 0 Å². The van der Waals surface area contributed by atoms with Gasteiger partial charge in [-0.05, 0) is 97.2 Å². The van der Waals surface area contributed by atoms with E-state index in [4.69, 9.17) is 0 Å². The van der Waals surface area contributed by atoms with Gasteiger partial charge in [-0.2, -0.15) is 0 Å². The Bertz CT molecular complexity index is 1940. The SMILES string of the molecule is CCC(C)(C1=C(c2ccc(-c3ccccc3)cc2)Cc2ccccc21)C1=C(c2ccc(-c3ccccc3)cc2)Cc2ccccc21. The van der Waals surface area contributed by atoms with Gasteiger partial charge in [-0.3, -0.25) is 0 Å². The molecule has 2 aliphatic carbocycles. The van der Waals surface area contributed by atoms with Gasteiger partial charge in [0.25, 0.3) is 0 Å². The summed E-state index contributed by atoms with van der Waals surface area (Å²) in [5.74, 6) is 0. The van der Waals surface area contributed by atoms with Crippen molar-refractivity contribution in [3.8, 4) is 22.3 Å². The fourth-order valence-electron chi connectivity index (χ4n) is 7.94. The molecule has 0 aromatic heterocycles. The fourth-order valence-corrected chi connectivity index (χ4v) is 7.94. The van der Waals surface area contributed by atoms with Crippen molar-refractivity contribution in [2.45, 2.75) is 33.1 Å². The van der Waals surface area contributed by atoms with Crippen LogP contribution >= 0.6 is 0 Å². The third-order valence-corrected chi connectivity index (χ3v) is 10.4. The molecule has 0 nitrogen and oxygen atoms in total. The van der Waals surface area contributed by atoms with Crippen LogP contribution in [-0.4, -0.2) is 0 Å². The van der Waals surface area contributed by atoms with Crippen LogP contribution in [0.25, 0.3) is 44.5 Å². The summed E-state index contributed by atoms with van der Waals surface area (Å²) >= 11 is 0. The highest BCUT2D eigenvalue weighted by atomic mass is 14.5. The number of allylic oxidation sites excluding steroid dienone is 4. The van der Waals surface area contributed by atoms with E-state index < -0.39 is 0 Å². The van der Waals surface area contributed by atoms with Crippen LogP contribution in [0.3, 0.4) is 0 Å². The van der Waals surface area contributed by atoms with Crippen LogP contribution in [0.2, 0.25) is 0 Å². The third kappa shape index (κ3) is 4.77. The van der Waals surface area contributed by atoms with Crippen LogP contribution < -0.4 is 0 Å². The molecule has 6 aromatic rings. The first-order valence-corrected chi connectivity index (χ1v) is 16.6. The second-order valence-electron chi connectivity index (χ2n) is 12.9. The van der Waals surface area contributed by atoms with Gasteiger partial charge in [-0.1, -0.05) is 172 Å². The second kappa shape index (κ2) is 11.6. The molecular weight excluding hydrogens is 553 g/mol. The maximum atomic E-state index is 2.51. The van der Waals surface area contributed by atoms with Crippen molar-refractivity contribution in [1.29, 1.82) is 0 Å². The van der Waals surface area contributed by atoms with E-state index in [1.165, 1.54) is 77.9 Å². The first-order chi connectivity index (χ1) is 22.6. The molecule has 0 saturated carbocycles. The van der Waals surface area contributed by atoms with Gasteiger partial charge in [0, 0.05) is 5.41 Å². The maximum absolute atomic E-state index is 2.51. The Morgan fingerprint density at radius 1 is 0.391 bits per heavy atom. The van der Waals surface area contributed by atoms with Crippen LogP contribution in [0.15, 0.2) is 158 Å². The standard InChI is InChI=1S/C46H38/c1-3-46(2,44-40-20-12-10-18-38(40)30-42(44)36-26-22-34(23-27-36)32-14-6-4-7-15-32)45-41-21-13-11-19-39(41)31-43(45)37-28-24-35(25-29-37)33-16-8-5-9-17-33/h4-29H,3,30-31H2,1-2H3. The van der Waals surface area contributed by atoms with Crippen molar-refractivity contribution in [3.63, 3.8) is 0 Å². The molecule has 0 fully saturated rings.